The van der Waals surface area contributed by atoms with Crippen LogP contribution in [0.25, 0.3) is 16.4 Å². The third-order valence-corrected chi connectivity index (χ3v) is 5.69. The average molecular weight is 445 g/mol. The number of carbonyl (C=O) groups excluding carboxylic acids is 1. The number of H-pyrrole nitrogens is 1. The highest BCUT2D eigenvalue weighted by molar-refractivity contribution is 6.30. The number of benzene rings is 1. The Kier molecular flexibility index (Phi) is 4.53. The van der Waals surface area contributed by atoms with E-state index in [0.29, 0.717) is 21.9 Å². The van der Waals surface area contributed by atoms with Gasteiger partial charge in [0.1, 0.15) is 11.3 Å². The maximum Gasteiger partial charge on any atom is 0.274 e. The summed E-state index contributed by atoms with van der Waals surface area (Å²) in [4.78, 5) is 34.0. The van der Waals surface area contributed by atoms with Crippen molar-refractivity contribution in [1.82, 2.24) is 19.3 Å². The highest BCUT2D eigenvalue weighted by Crippen LogP contribution is 2.34. The molecular formula is C21H15ClF2N4O3. The number of pyridine rings is 2. The molecule has 7 nitrogen and oxygen atoms in total. The number of hydrogen-bond acceptors (Lipinski definition) is 4. The summed E-state index contributed by atoms with van der Waals surface area (Å²) < 4.78 is 35.0. The van der Waals surface area contributed by atoms with E-state index in [1.54, 1.807) is 36.0 Å². The van der Waals surface area contributed by atoms with Crippen molar-refractivity contribution in [2.75, 3.05) is 13.7 Å². The Balaban J connectivity index is 1.61. The summed E-state index contributed by atoms with van der Waals surface area (Å²) in [5.74, 6) is -2.59. The number of imidazole rings is 1. The van der Waals surface area contributed by atoms with Crippen molar-refractivity contribution in [2.24, 2.45) is 0 Å². The van der Waals surface area contributed by atoms with Crippen LogP contribution >= 0.6 is 11.6 Å². The Bertz CT molecular complexity index is 1430. The zero-order valence-corrected chi connectivity index (χ0v) is 16.9. The van der Waals surface area contributed by atoms with Crippen LogP contribution in [0.5, 0.6) is 0 Å². The summed E-state index contributed by atoms with van der Waals surface area (Å²) in [7, 11) is 1.57. The van der Waals surface area contributed by atoms with Crippen LogP contribution in [-0.4, -0.2) is 38.8 Å². The maximum atomic E-state index is 14.0. The van der Waals surface area contributed by atoms with Gasteiger partial charge in [-0.25, -0.2) is 13.8 Å². The van der Waals surface area contributed by atoms with Gasteiger partial charge in [0.2, 0.25) is 0 Å². The van der Waals surface area contributed by atoms with Crippen molar-refractivity contribution in [3.8, 4) is 0 Å². The number of carbonyl (C=O) groups is 1. The van der Waals surface area contributed by atoms with Gasteiger partial charge in [-0.3, -0.25) is 9.59 Å². The van der Waals surface area contributed by atoms with Gasteiger partial charge < -0.3 is 19.0 Å². The monoisotopic (exact) mass is 444 g/mol. The normalized spacial score (nSPS) is 15.9. The van der Waals surface area contributed by atoms with Crippen LogP contribution < -0.4 is 5.56 Å². The summed E-state index contributed by atoms with van der Waals surface area (Å²) in [6.45, 7) is 0.208. The van der Waals surface area contributed by atoms with E-state index >= 15 is 0 Å². The molecule has 1 amide bonds. The number of ether oxygens (including phenoxy) is 1. The van der Waals surface area contributed by atoms with E-state index in [-0.39, 0.29) is 29.7 Å². The van der Waals surface area contributed by atoms with Crippen LogP contribution in [0.15, 0.2) is 41.5 Å². The first-order valence-corrected chi connectivity index (χ1v) is 9.74. The molecule has 0 spiro atoms. The predicted molar refractivity (Wildman–Crippen MR) is 109 cm³/mol. The molecule has 0 saturated heterocycles. The molecule has 158 valence electrons. The third kappa shape index (κ3) is 3.17. The number of hydrogen-bond donors (Lipinski definition) is 1. The van der Waals surface area contributed by atoms with E-state index in [4.69, 9.17) is 16.3 Å². The van der Waals surface area contributed by atoms with Gasteiger partial charge in [0.25, 0.3) is 11.5 Å². The molecule has 1 aliphatic rings. The zero-order chi connectivity index (χ0) is 21.9. The molecule has 0 radical (unpaired) electrons. The average Bonchev–Trinajstić information content (AvgIpc) is 3.17. The Hall–Kier alpha value is -3.30. The quantitative estimate of drug-likeness (QED) is 0.513. The van der Waals surface area contributed by atoms with E-state index in [2.05, 4.69) is 9.97 Å². The lowest BCUT2D eigenvalue weighted by Crippen LogP contribution is -2.37. The van der Waals surface area contributed by atoms with Crippen molar-refractivity contribution >= 4 is 33.9 Å². The number of nitrogens with zero attached hydrogens (tertiary/aromatic N) is 3. The first-order valence-electron chi connectivity index (χ1n) is 9.36. The minimum absolute atomic E-state index is 0.00720. The third-order valence-electron chi connectivity index (χ3n) is 5.46. The van der Waals surface area contributed by atoms with Gasteiger partial charge in [0, 0.05) is 30.7 Å². The Labute approximate surface area is 178 Å². The van der Waals surface area contributed by atoms with Gasteiger partial charge in [-0.1, -0.05) is 11.6 Å². The fourth-order valence-electron chi connectivity index (χ4n) is 3.94. The lowest BCUT2D eigenvalue weighted by Gasteiger charge is -2.33. The van der Waals surface area contributed by atoms with E-state index in [0.717, 1.165) is 12.1 Å². The number of fused-ring (bicyclic) bond motifs is 4. The standard InChI is InChI=1S/C21H15ClF2N4O3/c1-27(21(30)15-7-28-6-10(22)2-3-18(28)25-15)17-9-31-8-16-19(17)11-4-13(23)14(24)5-12(11)20(29)26-16/h2-7,17H,8-9H2,1H3,(H,26,29)/t17-/m1/s1. The fourth-order valence-corrected chi connectivity index (χ4v) is 4.11. The number of aromatic nitrogens is 3. The van der Waals surface area contributed by atoms with Crippen LogP contribution in [0.2, 0.25) is 5.02 Å². The first kappa shape index (κ1) is 19.7. The number of aromatic amines is 1. The molecule has 4 heterocycles. The number of rotatable bonds is 2. The van der Waals surface area contributed by atoms with E-state index in [1.165, 1.54) is 4.90 Å². The van der Waals surface area contributed by atoms with Gasteiger partial charge >= 0.3 is 0 Å². The fraction of sp³-hybridized carbons (Fsp3) is 0.190. The van der Waals surface area contributed by atoms with E-state index in [9.17, 15) is 18.4 Å². The van der Waals surface area contributed by atoms with Crippen LogP contribution in [0.1, 0.15) is 27.8 Å². The Morgan fingerprint density at radius 3 is 2.77 bits per heavy atom. The van der Waals surface area contributed by atoms with Gasteiger partial charge in [0.05, 0.1) is 29.7 Å². The van der Waals surface area contributed by atoms with Gasteiger partial charge in [0.15, 0.2) is 11.6 Å². The summed E-state index contributed by atoms with van der Waals surface area (Å²) in [5, 5.41) is 0.747. The highest BCUT2D eigenvalue weighted by Gasteiger charge is 2.32. The molecule has 0 bridgehead atoms. The summed E-state index contributed by atoms with van der Waals surface area (Å²) in [5.41, 5.74) is 1.11. The lowest BCUT2D eigenvalue weighted by molar-refractivity contribution is 0.0333. The molecule has 1 atom stereocenters. The predicted octanol–water partition coefficient (Wildman–Crippen LogP) is 3.45. The van der Waals surface area contributed by atoms with Crippen molar-refractivity contribution in [3.63, 3.8) is 0 Å². The van der Waals surface area contributed by atoms with Crippen LogP contribution in [0.4, 0.5) is 8.78 Å². The molecule has 0 aliphatic carbocycles. The van der Waals surface area contributed by atoms with Crippen molar-refractivity contribution in [3.05, 3.63) is 80.6 Å². The molecular weight excluding hydrogens is 430 g/mol. The molecule has 1 aromatic carbocycles. The molecule has 4 aromatic rings. The maximum absolute atomic E-state index is 14.0. The number of likely N-dealkylation sites (N-methyl/N-ethyl adjacent to an activating group) is 1. The molecule has 0 saturated carbocycles. The summed E-state index contributed by atoms with van der Waals surface area (Å²) in [6.07, 6.45) is 3.19. The first-order chi connectivity index (χ1) is 14.8. The number of nitrogens with one attached hydrogen (secondary N) is 1. The molecule has 3 aromatic heterocycles. The minimum Gasteiger partial charge on any atom is -0.373 e. The van der Waals surface area contributed by atoms with Crippen LogP contribution in [0.3, 0.4) is 0 Å². The molecule has 1 aliphatic heterocycles. The van der Waals surface area contributed by atoms with Crippen molar-refractivity contribution < 1.29 is 18.3 Å². The largest absolute Gasteiger partial charge is 0.373 e. The molecule has 10 heteroatoms. The van der Waals surface area contributed by atoms with Crippen molar-refractivity contribution in [2.45, 2.75) is 12.6 Å². The number of halogens is 3. The zero-order valence-electron chi connectivity index (χ0n) is 16.2. The second-order valence-corrected chi connectivity index (χ2v) is 7.78. The number of amides is 1. The molecule has 0 fully saturated rings. The molecule has 5 rings (SSSR count). The summed E-state index contributed by atoms with van der Waals surface area (Å²) in [6, 6.07) is 4.57. The van der Waals surface area contributed by atoms with Crippen molar-refractivity contribution in [1.29, 1.82) is 0 Å². The Morgan fingerprint density at radius 1 is 1.26 bits per heavy atom. The molecule has 31 heavy (non-hydrogen) atoms. The van der Waals surface area contributed by atoms with Gasteiger partial charge in [-0.05, 0) is 29.7 Å². The van der Waals surface area contributed by atoms with Gasteiger partial charge in [-0.2, -0.15) is 0 Å². The van der Waals surface area contributed by atoms with E-state index < -0.39 is 29.1 Å². The smallest absolute Gasteiger partial charge is 0.274 e. The van der Waals surface area contributed by atoms with E-state index in [1.807, 2.05) is 0 Å². The molecule has 1 N–H and O–H groups in total. The highest BCUT2D eigenvalue weighted by atomic mass is 35.5. The van der Waals surface area contributed by atoms with Crippen LogP contribution in [0, 0.1) is 11.6 Å². The topological polar surface area (TPSA) is 79.7 Å². The lowest BCUT2D eigenvalue weighted by atomic mass is 9.95. The molecule has 0 unspecified atom stereocenters. The second-order valence-electron chi connectivity index (χ2n) is 7.34. The van der Waals surface area contributed by atoms with Crippen LogP contribution in [-0.2, 0) is 11.3 Å². The SMILES string of the molecule is CN(C(=O)c1cn2cc(Cl)ccc2n1)[C@@H]1COCc2[nH]c(=O)c3cc(F)c(F)cc3c21. The Morgan fingerprint density at radius 2 is 2.00 bits per heavy atom. The second kappa shape index (κ2) is 7.14. The van der Waals surface area contributed by atoms with Gasteiger partial charge in [-0.15, -0.1) is 0 Å². The minimum atomic E-state index is -1.12. The summed E-state index contributed by atoms with van der Waals surface area (Å²) >= 11 is 5.99.